The van der Waals surface area contributed by atoms with E-state index >= 15 is 0 Å². The summed E-state index contributed by atoms with van der Waals surface area (Å²) in [4.78, 5) is 18.4. The van der Waals surface area contributed by atoms with E-state index in [0.29, 0.717) is 29.9 Å². The average molecular weight is 267 g/mol. The number of hydrogen-bond donors (Lipinski definition) is 0. The van der Waals surface area contributed by atoms with Gasteiger partial charge in [-0.3, -0.25) is 9.69 Å². The van der Waals surface area contributed by atoms with Crippen LogP contribution < -0.4 is 0 Å². The first kappa shape index (κ1) is 14.0. The first-order valence-corrected chi connectivity index (χ1v) is 6.68. The fourth-order valence-corrected chi connectivity index (χ4v) is 2.43. The van der Waals surface area contributed by atoms with Crippen molar-refractivity contribution in [2.75, 3.05) is 6.54 Å². The zero-order valence-electron chi connectivity index (χ0n) is 11.6. The molecule has 2 aliphatic heterocycles. The Kier molecular flexibility index (Phi) is 4.31. The van der Waals surface area contributed by atoms with Gasteiger partial charge in [-0.2, -0.15) is 5.26 Å². The van der Waals surface area contributed by atoms with Crippen molar-refractivity contribution >= 4 is 12.1 Å². The molecule has 0 saturated carbocycles. The molecule has 4 heteroatoms. The lowest BCUT2D eigenvalue weighted by Gasteiger charge is -2.30. The third-order valence-corrected chi connectivity index (χ3v) is 3.40. The van der Waals surface area contributed by atoms with Gasteiger partial charge in [0.15, 0.2) is 0 Å². The molecule has 0 fully saturated rings. The minimum absolute atomic E-state index is 0.124. The van der Waals surface area contributed by atoms with E-state index in [4.69, 9.17) is 0 Å². The van der Waals surface area contributed by atoms with Gasteiger partial charge in [-0.05, 0) is 31.8 Å². The molecule has 0 atom stereocenters. The second-order valence-corrected chi connectivity index (χ2v) is 4.61. The van der Waals surface area contributed by atoms with Gasteiger partial charge in [0, 0.05) is 18.3 Å². The SMILES string of the molecule is C=CC1=C(/C=C\C)CCN(C2=C(C#N)CCC=N2)C1=O. The van der Waals surface area contributed by atoms with Crippen LogP contribution in [0.1, 0.15) is 26.2 Å². The van der Waals surface area contributed by atoms with Crippen LogP contribution in [0.2, 0.25) is 0 Å². The second kappa shape index (κ2) is 6.16. The van der Waals surface area contributed by atoms with Crippen molar-refractivity contribution in [1.82, 2.24) is 4.90 Å². The summed E-state index contributed by atoms with van der Waals surface area (Å²) < 4.78 is 0. The Bertz CT molecular complexity index is 600. The van der Waals surface area contributed by atoms with E-state index in [2.05, 4.69) is 17.6 Å². The van der Waals surface area contributed by atoms with Crippen molar-refractivity contribution in [2.24, 2.45) is 4.99 Å². The maximum absolute atomic E-state index is 12.5. The number of allylic oxidation sites excluding steroid dienone is 3. The summed E-state index contributed by atoms with van der Waals surface area (Å²) in [5.41, 5.74) is 2.17. The molecule has 0 radical (unpaired) electrons. The highest BCUT2D eigenvalue weighted by atomic mass is 16.2. The van der Waals surface area contributed by atoms with Gasteiger partial charge in [-0.15, -0.1) is 0 Å². The lowest BCUT2D eigenvalue weighted by molar-refractivity contribution is -0.125. The van der Waals surface area contributed by atoms with Crippen molar-refractivity contribution < 1.29 is 4.79 Å². The van der Waals surface area contributed by atoms with Gasteiger partial charge in [0.2, 0.25) is 0 Å². The van der Waals surface area contributed by atoms with Gasteiger partial charge in [0.25, 0.3) is 5.91 Å². The van der Waals surface area contributed by atoms with Crippen LogP contribution in [0.25, 0.3) is 0 Å². The zero-order chi connectivity index (χ0) is 14.5. The third-order valence-electron chi connectivity index (χ3n) is 3.40. The molecule has 0 unspecified atom stereocenters. The molecule has 4 nitrogen and oxygen atoms in total. The molecule has 0 aromatic rings. The van der Waals surface area contributed by atoms with Gasteiger partial charge in [0.1, 0.15) is 5.82 Å². The number of rotatable bonds is 3. The summed E-state index contributed by atoms with van der Waals surface area (Å²) in [5, 5.41) is 9.17. The quantitative estimate of drug-likeness (QED) is 0.789. The molecule has 102 valence electrons. The standard InChI is InChI=1S/C16H17N3O/c1-3-6-12-8-10-19(16(20)14(12)4-2)15-13(11-17)7-5-9-18-15/h3-4,6,9H,2,5,7-8,10H2,1H3/b6-3-. The molecule has 0 spiro atoms. The maximum Gasteiger partial charge on any atom is 0.259 e. The van der Waals surface area contributed by atoms with Crippen LogP contribution in [-0.4, -0.2) is 23.6 Å². The van der Waals surface area contributed by atoms with E-state index in [-0.39, 0.29) is 5.91 Å². The van der Waals surface area contributed by atoms with Crippen molar-refractivity contribution in [2.45, 2.75) is 26.2 Å². The number of hydrogen-bond acceptors (Lipinski definition) is 3. The summed E-state index contributed by atoms with van der Waals surface area (Å²) >= 11 is 0. The van der Waals surface area contributed by atoms with Crippen LogP contribution in [0.5, 0.6) is 0 Å². The molecule has 0 saturated heterocycles. The monoisotopic (exact) mass is 267 g/mol. The smallest absolute Gasteiger partial charge is 0.259 e. The van der Waals surface area contributed by atoms with Gasteiger partial charge >= 0.3 is 0 Å². The predicted octanol–water partition coefficient (Wildman–Crippen LogP) is 2.88. The lowest BCUT2D eigenvalue weighted by Crippen LogP contribution is -2.36. The Morgan fingerprint density at radius 3 is 2.95 bits per heavy atom. The Hall–Kier alpha value is -2.41. The van der Waals surface area contributed by atoms with E-state index in [1.807, 2.05) is 19.1 Å². The van der Waals surface area contributed by atoms with Crippen LogP contribution in [-0.2, 0) is 4.79 Å². The summed E-state index contributed by atoms with van der Waals surface area (Å²) in [6, 6.07) is 2.16. The van der Waals surface area contributed by atoms with E-state index in [1.165, 1.54) is 0 Å². The largest absolute Gasteiger partial charge is 0.292 e. The molecule has 0 N–H and O–H groups in total. The molecule has 0 aromatic carbocycles. The highest BCUT2D eigenvalue weighted by Crippen LogP contribution is 2.28. The summed E-state index contributed by atoms with van der Waals surface area (Å²) in [5.74, 6) is 0.378. The highest BCUT2D eigenvalue weighted by Gasteiger charge is 2.29. The molecule has 0 bridgehead atoms. The lowest BCUT2D eigenvalue weighted by atomic mass is 9.98. The molecule has 0 aromatic heterocycles. The number of nitrogens with zero attached hydrogens (tertiary/aromatic N) is 3. The van der Waals surface area contributed by atoms with Crippen molar-refractivity contribution in [3.8, 4) is 6.07 Å². The van der Waals surface area contributed by atoms with Crippen molar-refractivity contribution in [3.05, 3.63) is 47.3 Å². The van der Waals surface area contributed by atoms with Crippen molar-refractivity contribution in [1.29, 1.82) is 5.26 Å². The number of carbonyl (C=O) groups is 1. The van der Waals surface area contributed by atoms with Crippen LogP contribution >= 0.6 is 0 Å². The topological polar surface area (TPSA) is 56.5 Å². The number of amides is 1. The number of aliphatic imine (C=N–C) groups is 1. The molecule has 20 heavy (non-hydrogen) atoms. The molecular formula is C16H17N3O. The van der Waals surface area contributed by atoms with E-state index in [9.17, 15) is 10.1 Å². The van der Waals surface area contributed by atoms with Crippen LogP contribution in [0.4, 0.5) is 0 Å². The Morgan fingerprint density at radius 1 is 1.50 bits per heavy atom. The molecule has 2 rings (SSSR count). The molecular weight excluding hydrogens is 250 g/mol. The minimum Gasteiger partial charge on any atom is -0.292 e. The molecule has 2 heterocycles. The fourth-order valence-electron chi connectivity index (χ4n) is 2.43. The van der Waals surface area contributed by atoms with Crippen LogP contribution in [0.15, 0.2) is 52.3 Å². The molecule has 0 aliphatic carbocycles. The first-order valence-electron chi connectivity index (χ1n) is 6.68. The highest BCUT2D eigenvalue weighted by molar-refractivity contribution is 5.99. The van der Waals surface area contributed by atoms with Crippen molar-refractivity contribution in [3.63, 3.8) is 0 Å². The third kappa shape index (κ3) is 2.48. The van der Waals surface area contributed by atoms with E-state index < -0.39 is 0 Å². The van der Waals surface area contributed by atoms with E-state index in [0.717, 1.165) is 18.4 Å². The minimum atomic E-state index is -0.124. The maximum atomic E-state index is 12.5. The van der Waals surface area contributed by atoms with Gasteiger partial charge in [-0.25, -0.2) is 4.99 Å². The van der Waals surface area contributed by atoms with Gasteiger partial charge in [-0.1, -0.05) is 24.8 Å². The average Bonchev–Trinajstić information content (AvgIpc) is 2.48. The number of carbonyl (C=O) groups excluding carboxylic acids is 1. The van der Waals surface area contributed by atoms with Crippen LogP contribution in [0, 0.1) is 11.3 Å². The second-order valence-electron chi connectivity index (χ2n) is 4.61. The number of nitriles is 1. The van der Waals surface area contributed by atoms with Crippen LogP contribution in [0.3, 0.4) is 0 Å². The normalized spacial score (nSPS) is 19.8. The summed E-state index contributed by atoms with van der Waals surface area (Å²) in [6.07, 6.45) is 9.35. The van der Waals surface area contributed by atoms with Gasteiger partial charge in [0.05, 0.1) is 11.6 Å². The van der Waals surface area contributed by atoms with E-state index in [1.54, 1.807) is 17.2 Å². The Labute approximate surface area is 119 Å². The Balaban J connectivity index is 2.41. The summed E-state index contributed by atoms with van der Waals surface area (Å²) in [7, 11) is 0. The zero-order valence-corrected chi connectivity index (χ0v) is 11.6. The van der Waals surface area contributed by atoms with Gasteiger partial charge < -0.3 is 0 Å². The first-order chi connectivity index (χ1) is 9.72. The molecule has 2 aliphatic rings. The summed E-state index contributed by atoms with van der Waals surface area (Å²) in [6.45, 7) is 6.20. The predicted molar refractivity (Wildman–Crippen MR) is 78.7 cm³/mol. The molecule has 1 amide bonds. The fraction of sp³-hybridized carbons (Fsp3) is 0.312. The Morgan fingerprint density at radius 2 is 2.30 bits per heavy atom.